The molecule has 1 unspecified atom stereocenters. The van der Waals surface area contributed by atoms with Crippen molar-refractivity contribution in [1.82, 2.24) is 14.8 Å². The van der Waals surface area contributed by atoms with E-state index in [1.165, 1.54) is 0 Å². The number of β-amino-alcohol motifs (C(OH)–C–C–N with tert-alkyl or cyclic N) is 1. The molecule has 3 heterocycles. The minimum absolute atomic E-state index is 0.0390. The van der Waals surface area contributed by atoms with Crippen molar-refractivity contribution in [3.05, 3.63) is 59.2 Å². The molecule has 2 aliphatic heterocycles. The van der Waals surface area contributed by atoms with E-state index in [1.54, 1.807) is 14.2 Å². The fourth-order valence-electron chi connectivity index (χ4n) is 6.03. The molecule has 9 heteroatoms. The highest BCUT2D eigenvalue weighted by Crippen LogP contribution is 2.30. The summed E-state index contributed by atoms with van der Waals surface area (Å²) in [7, 11) is 3.20. The van der Waals surface area contributed by atoms with Gasteiger partial charge >= 0.3 is 0 Å². The molecule has 2 saturated heterocycles. The number of likely N-dealkylation sites (tertiary alicyclic amines) is 1. The summed E-state index contributed by atoms with van der Waals surface area (Å²) in [5.41, 5.74) is 3.74. The van der Waals surface area contributed by atoms with Crippen LogP contribution in [-0.2, 0) is 22.6 Å². The van der Waals surface area contributed by atoms with Crippen LogP contribution in [0.5, 0.6) is 11.5 Å². The molecule has 1 atom stereocenters. The predicted molar refractivity (Wildman–Crippen MR) is 163 cm³/mol. The number of amides is 2. The van der Waals surface area contributed by atoms with E-state index < -0.39 is 6.10 Å². The van der Waals surface area contributed by atoms with Crippen LogP contribution >= 0.6 is 0 Å². The van der Waals surface area contributed by atoms with Gasteiger partial charge in [0.2, 0.25) is 11.8 Å². The fraction of sp³-hybridized carbons (Fsp3) is 0.485. The van der Waals surface area contributed by atoms with Crippen molar-refractivity contribution in [2.75, 3.05) is 51.8 Å². The molecule has 42 heavy (non-hydrogen) atoms. The molecule has 0 bridgehead atoms. The smallest absolute Gasteiger partial charge is 0.227 e. The summed E-state index contributed by atoms with van der Waals surface area (Å²) in [5, 5.41) is 11.5. The Bertz CT molecular complexity index is 1430. The Morgan fingerprint density at radius 2 is 1.93 bits per heavy atom. The van der Waals surface area contributed by atoms with Crippen LogP contribution in [0.15, 0.2) is 42.5 Å². The Morgan fingerprint density at radius 1 is 1.07 bits per heavy atom. The number of fused-ring (bicyclic) bond motifs is 1. The summed E-state index contributed by atoms with van der Waals surface area (Å²) in [6.45, 7) is 5.66. The third-order valence-corrected chi connectivity index (χ3v) is 8.30. The lowest BCUT2D eigenvalue weighted by atomic mass is 10.0. The summed E-state index contributed by atoms with van der Waals surface area (Å²) in [4.78, 5) is 37.2. The highest BCUT2D eigenvalue weighted by Gasteiger charge is 2.26. The minimum Gasteiger partial charge on any atom is -0.497 e. The zero-order valence-corrected chi connectivity index (χ0v) is 25.0. The summed E-state index contributed by atoms with van der Waals surface area (Å²) in [6.07, 6.45) is 3.59. The first-order valence-electron chi connectivity index (χ1n) is 14.9. The lowest BCUT2D eigenvalue weighted by Crippen LogP contribution is -2.40. The van der Waals surface area contributed by atoms with E-state index in [0.717, 1.165) is 65.8 Å². The number of carbonyl (C=O) groups is 2. The molecule has 0 radical (unpaired) electrons. The Morgan fingerprint density at radius 3 is 2.67 bits per heavy atom. The molecule has 224 valence electrons. The SMILES string of the molecule is COc1ccc(OC)c(CC(=O)N(CCCN2CCCC2=O)Cc2cc3ccc(C)cc3nc2N2CCCC(O)C2)c1. The molecule has 0 spiro atoms. The first kappa shape index (κ1) is 29.6. The zero-order valence-electron chi connectivity index (χ0n) is 25.0. The Hall–Kier alpha value is -3.85. The molecule has 2 fully saturated rings. The molecule has 2 aromatic carbocycles. The van der Waals surface area contributed by atoms with Crippen LogP contribution < -0.4 is 14.4 Å². The maximum absolute atomic E-state index is 14.0. The molecule has 2 amide bonds. The van der Waals surface area contributed by atoms with Crippen LogP contribution in [-0.4, -0.2) is 84.8 Å². The number of hydrogen-bond donors (Lipinski definition) is 1. The number of ether oxygens (including phenoxy) is 2. The molecule has 3 aromatic rings. The number of aromatic nitrogens is 1. The number of anilines is 1. The van der Waals surface area contributed by atoms with Crippen LogP contribution in [0.1, 0.15) is 48.8 Å². The van der Waals surface area contributed by atoms with E-state index in [4.69, 9.17) is 14.5 Å². The normalized spacial score (nSPS) is 17.1. The van der Waals surface area contributed by atoms with Gasteiger partial charge in [0, 0.05) is 62.2 Å². The van der Waals surface area contributed by atoms with E-state index >= 15 is 0 Å². The number of nitrogens with zero attached hydrogens (tertiary/aromatic N) is 4. The van der Waals surface area contributed by atoms with E-state index in [2.05, 4.69) is 36.1 Å². The average Bonchev–Trinajstić information content (AvgIpc) is 3.40. The summed E-state index contributed by atoms with van der Waals surface area (Å²) in [6, 6.07) is 13.8. The molecule has 1 N–H and O–H groups in total. The standard InChI is InChI=1S/C33H42N4O5/c1-23-9-10-24-18-26(33(34-29(24)17-23)37-14-4-7-27(38)22-37)21-36(16-6-15-35-13-5-8-31(35)39)32(40)20-25-19-28(41-2)11-12-30(25)42-3/h9-12,17-19,27,38H,4-8,13-16,20-22H2,1-3H3. The predicted octanol–water partition coefficient (Wildman–Crippen LogP) is 4.11. The van der Waals surface area contributed by atoms with Crippen molar-refractivity contribution in [3.63, 3.8) is 0 Å². The first-order valence-corrected chi connectivity index (χ1v) is 14.9. The van der Waals surface area contributed by atoms with Gasteiger partial charge in [-0.15, -0.1) is 0 Å². The summed E-state index contributed by atoms with van der Waals surface area (Å²) < 4.78 is 11.0. The fourth-order valence-corrected chi connectivity index (χ4v) is 6.03. The monoisotopic (exact) mass is 574 g/mol. The third-order valence-electron chi connectivity index (χ3n) is 8.30. The van der Waals surface area contributed by atoms with Gasteiger partial charge in [-0.05, 0) is 68.5 Å². The second-order valence-corrected chi connectivity index (χ2v) is 11.4. The Kier molecular flexibility index (Phi) is 9.47. The molecular formula is C33H42N4O5. The van der Waals surface area contributed by atoms with Gasteiger partial charge in [0.1, 0.15) is 17.3 Å². The maximum atomic E-state index is 14.0. The van der Waals surface area contributed by atoms with Crippen LogP contribution in [0.4, 0.5) is 5.82 Å². The van der Waals surface area contributed by atoms with Gasteiger partial charge in [0.05, 0.1) is 32.3 Å². The van der Waals surface area contributed by atoms with Gasteiger partial charge in [-0.1, -0.05) is 12.1 Å². The number of piperidine rings is 1. The van der Waals surface area contributed by atoms with Crippen molar-refractivity contribution in [2.24, 2.45) is 0 Å². The number of rotatable bonds is 11. The van der Waals surface area contributed by atoms with Crippen LogP contribution in [0, 0.1) is 6.92 Å². The van der Waals surface area contributed by atoms with Gasteiger partial charge in [0.15, 0.2) is 0 Å². The van der Waals surface area contributed by atoms with Gasteiger partial charge < -0.3 is 29.3 Å². The molecular weight excluding hydrogens is 532 g/mol. The Balaban J connectivity index is 1.46. The van der Waals surface area contributed by atoms with Crippen molar-refractivity contribution in [1.29, 1.82) is 0 Å². The van der Waals surface area contributed by atoms with Gasteiger partial charge in [0.25, 0.3) is 0 Å². The second-order valence-electron chi connectivity index (χ2n) is 11.4. The molecule has 1 aromatic heterocycles. The second kappa shape index (κ2) is 13.4. The molecule has 5 rings (SSSR count). The van der Waals surface area contributed by atoms with Crippen LogP contribution in [0.2, 0.25) is 0 Å². The largest absolute Gasteiger partial charge is 0.497 e. The van der Waals surface area contributed by atoms with E-state index in [0.29, 0.717) is 50.5 Å². The number of benzene rings is 2. The first-order chi connectivity index (χ1) is 20.3. The molecule has 0 saturated carbocycles. The van der Waals surface area contributed by atoms with E-state index in [9.17, 15) is 14.7 Å². The minimum atomic E-state index is -0.405. The number of aliphatic hydroxyl groups excluding tert-OH is 1. The number of carbonyl (C=O) groups excluding carboxylic acids is 2. The number of aryl methyl sites for hydroxylation is 1. The number of pyridine rings is 1. The van der Waals surface area contributed by atoms with Gasteiger partial charge in [-0.25, -0.2) is 4.98 Å². The van der Waals surface area contributed by atoms with Crippen molar-refractivity contribution >= 4 is 28.5 Å². The quantitative estimate of drug-likeness (QED) is 0.368. The number of aliphatic hydroxyl groups is 1. The van der Waals surface area contributed by atoms with Crippen LogP contribution in [0.25, 0.3) is 10.9 Å². The average molecular weight is 575 g/mol. The van der Waals surface area contributed by atoms with Gasteiger partial charge in [-0.3, -0.25) is 9.59 Å². The van der Waals surface area contributed by atoms with Crippen molar-refractivity contribution in [2.45, 2.75) is 58.1 Å². The van der Waals surface area contributed by atoms with E-state index in [1.807, 2.05) is 28.0 Å². The third kappa shape index (κ3) is 6.95. The number of hydrogen-bond acceptors (Lipinski definition) is 7. The van der Waals surface area contributed by atoms with E-state index in [-0.39, 0.29) is 18.2 Å². The lowest BCUT2D eigenvalue weighted by molar-refractivity contribution is -0.131. The molecule has 0 aliphatic carbocycles. The number of methoxy groups -OCH3 is 2. The van der Waals surface area contributed by atoms with Gasteiger partial charge in [-0.2, -0.15) is 0 Å². The van der Waals surface area contributed by atoms with Crippen molar-refractivity contribution in [3.8, 4) is 11.5 Å². The molecule has 2 aliphatic rings. The molecule has 9 nitrogen and oxygen atoms in total. The highest BCUT2D eigenvalue weighted by atomic mass is 16.5. The zero-order chi connectivity index (χ0) is 29.6. The Labute approximate surface area is 248 Å². The van der Waals surface area contributed by atoms with Crippen LogP contribution in [0.3, 0.4) is 0 Å². The topological polar surface area (TPSA) is 95.4 Å². The lowest BCUT2D eigenvalue weighted by Gasteiger charge is -2.34. The maximum Gasteiger partial charge on any atom is 0.227 e. The highest BCUT2D eigenvalue weighted by molar-refractivity contribution is 5.84. The van der Waals surface area contributed by atoms with Crippen molar-refractivity contribution < 1.29 is 24.2 Å². The summed E-state index contributed by atoms with van der Waals surface area (Å²) >= 11 is 0. The summed E-state index contributed by atoms with van der Waals surface area (Å²) in [5.74, 6) is 2.27.